The number of imidazole rings is 1. The van der Waals surface area contributed by atoms with Crippen LogP contribution < -0.4 is 21.1 Å². The predicted octanol–water partition coefficient (Wildman–Crippen LogP) is 2.91. The van der Waals surface area contributed by atoms with E-state index in [-0.39, 0.29) is 6.01 Å². The lowest BCUT2D eigenvalue weighted by Crippen LogP contribution is -2.40. The van der Waals surface area contributed by atoms with Crippen LogP contribution in [-0.4, -0.2) is 40.1 Å². The molecule has 1 atom stereocenters. The molecule has 31 heavy (non-hydrogen) atoms. The number of fused-ring (bicyclic) bond motifs is 1. The number of hydrogen-bond acceptors (Lipinski definition) is 7. The summed E-state index contributed by atoms with van der Waals surface area (Å²) in [6, 6.07) is 9.35. The molecule has 1 aliphatic heterocycles. The van der Waals surface area contributed by atoms with Gasteiger partial charge in [0.05, 0.1) is 12.1 Å². The zero-order chi connectivity index (χ0) is 21.7. The minimum atomic E-state index is -0.459. The Kier molecular flexibility index (Phi) is 4.46. The number of carbonyl (C=O) groups excluding carboxylic acids is 1. The van der Waals surface area contributed by atoms with Gasteiger partial charge >= 0.3 is 0 Å². The van der Waals surface area contributed by atoms with Gasteiger partial charge in [0, 0.05) is 30.9 Å². The fourth-order valence-electron chi connectivity index (χ4n) is 4.02. The molecule has 9 heteroatoms. The van der Waals surface area contributed by atoms with Gasteiger partial charge in [0.2, 0.25) is 5.91 Å². The Bertz CT molecular complexity index is 1310. The number of aromatic nitrogens is 3. The number of nitrogens with zero attached hydrogens (tertiary/aromatic N) is 4. The summed E-state index contributed by atoms with van der Waals surface area (Å²) in [4.78, 5) is 22.7. The SMILES string of the molecule is C[C@@H](C(N)=O)N(C)c1cc2c3c(c1)nc(-c1ccc4oc(N)nc4c1)n3CCCCO2. The lowest BCUT2D eigenvalue weighted by atomic mass is 10.1. The van der Waals surface area contributed by atoms with Gasteiger partial charge in [0.25, 0.3) is 6.01 Å². The molecule has 0 bridgehead atoms. The number of benzene rings is 2. The van der Waals surface area contributed by atoms with Crippen LogP contribution in [0.4, 0.5) is 11.7 Å². The summed E-state index contributed by atoms with van der Waals surface area (Å²) in [6.45, 7) is 3.24. The van der Waals surface area contributed by atoms with E-state index in [0.29, 0.717) is 17.7 Å². The number of hydrogen-bond donors (Lipinski definition) is 2. The van der Waals surface area contributed by atoms with Gasteiger partial charge in [0.15, 0.2) is 5.58 Å². The van der Waals surface area contributed by atoms with Gasteiger partial charge in [-0.3, -0.25) is 4.79 Å². The molecule has 0 aliphatic carbocycles. The van der Waals surface area contributed by atoms with E-state index in [1.165, 1.54) is 0 Å². The van der Waals surface area contributed by atoms with Gasteiger partial charge < -0.3 is 30.1 Å². The van der Waals surface area contributed by atoms with Gasteiger partial charge in [-0.1, -0.05) is 0 Å². The van der Waals surface area contributed by atoms with Crippen molar-refractivity contribution in [3.8, 4) is 17.1 Å². The number of likely N-dealkylation sites (N-methyl/N-ethyl adjacent to an activating group) is 1. The summed E-state index contributed by atoms with van der Waals surface area (Å²) in [5.41, 5.74) is 16.0. The topological polar surface area (TPSA) is 125 Å². The maximum absolute atomic E-state index is 11.7. The van der Waals surface area contributed by atoms with Crippen molar-refractivity contribution in [2.45, 2.75) is 32.4 Å². The highest BCUT2D eigenvalue weighted by atomic mass is 16.5. The van der Waals surface area contributed by atoms with E-state index in [4.69, 9.17) is 25.6 Å². The van der Waals surface area contributed by atoms with Crippen molar-refractivity contribution < 1.29 is 13.9 Å². The van der Waals surface area contributed by atoms with E-state index in [1.807, 2.05) is 42.3 Å². The third-order valence-corrected chi connectivity index (χ3v) is 5.89. The molecule has 1 amide bonds. The summed E-state index contributed by atoms with van der Waals surface area (Å²) in [5, 5.41) is 0. The van der Waals surface area contributed by atoms with Crippen molar-refractivity contribution in [2.75, 3.05) is 24.3 Å². The average molecular weight is 420 g/mol. The first-order valence-electron chi connectivity index (χ1n) is 10.3. The number of carbonyl (C=O) groups is 1. The Morgan fingerprint density at radius 3 is 2.84 bits per heavy atom. The number of aryl methyl sites for hydroxylation is 1. The Hall–Kier alpha value is -3.75. The first-order valence-corrected chi connectivity index (χ1v) is 10.3. The van der Waals surface area contributed by atoms with Crippen LogP contribution in [0.15, 0.2) is 34.7 Å². The molecule has 4 N–H and O–H groups in total. The lowest BCUT2D eigenvalue weighted by molar-refractivity contribution is -0.118. The minimum absolute atomic E-state index is 0.141. The molecule has 9 nitrogen and oxygen atoms in total. The first-order chi connectivity index (χ1) is 14.9. The van der Waals surface area contributed by atoms with Gasteiger partial charge in [0.1, 0.15) is 28.6 Å². The lowest BCUT2D eigenvalue weighted by Gasteiger charge is -2.25. The summed E-state index contributed by atoms with van der Waals surface area (Å²) in [5.74, 6) is 1.19. The number of primary amides is 1. The highest BCUT2D eigenvalue weighted by Crippen LogP contribution is 2.37. The number of anilines is 2. The summed E-state index contributed by atoms with van der Waals surface area (Å²) in [6.07, 6.45) is 1.92. The molecule has 4 aromatic rings. The zero-order valence-electron chi connectivity index (χ0n) is 17.5. The second-order valence-corrected chi connectivity index (χ2v) is 7.88. The van der Waals surface area contributed by atoms with Crippen LogP contribution >= 0.6 is 0 Å². The highest BCUT2D eigenvalue weighted by Gasteiger charge is 2.23. The van der Waals surface area contributed by atoms with Crippen LogP contribution in [0.3, 0.4) is 0 Å². The largest absolute Gasteiger partial charge is 0.491 e. The standard InChI is InChI=1S/C22H24N6O3/c1-12(20(23)29)27(2)14-10-16-19-18(11-14)30-8-4-3-7-28(19)21(25-16)13-5-6-17-15(9-13)26-22(24)31-17/h5-6,9-12H,3-4,7-8H2,1-2H3,(H2,23,29)(H2,24,26)/t12-/m0/s1. The number of amides is 1. The third kappa shape index (κ3) is 3.22. The van der Waals surface area contributed by atoms with E-state index in [2.05, 4.69) is 9.55 Å². The number of oxazole rings is 1. The highest BCUT2D eigenvalue weighted by molar-refractivity contribution is 5.92. The van der Waals surface area contributed by atoms with Gasteiger partial charge in [-0.25, -0.2) is 4.98 Å². The monoisotopic (exact) mass is 420 g/mol. The average Bonchev–Trinajstić information content (AvgIpc) is 3.28. The molecule has 5 rings (SSSR count). The fourth-order valence-corrected chi connectivity index (χ4v) is 4.02. The molecule has 3 heterocycles. The first kappa shape index (κ1) is 19.2. The molecule has 160 valence electrons. The molecule has 0 saturated heterocycles. The van der Waals surface area contributed by atoms with Crippen LogP contribution in [0.2, 0.25) is 0 Å². The number of rotatable bonds is 4. The summed E-state index contributed by atoms with van der Waals surface area (Å²) >= 11 is 0. The van der Waals surface area contributed by atoms with Crippen molar-refractivity contribution >= 4 is 39.7 Å². The van der Waals surface area contributed by atoms with Gasteiger partial charge in [-0.15, -0.1) is 0 Å². The van der Waals surface area contributed by atoms with Crippen molar-refractivity contribution in [3.05, 3.63) is 30.3 Å². The maximum Gasteiger partial charge on any atom is 0.292 e. The van der Waals surface area contributed by atoms with Crippen molar-refractivity contribution in [1.29, 1.82) is 0 Å². The van der Waals surface area contributed by atoms with Crippen molar-refractivity contribution in [1.82, 2.24) is 14.5 Å². The zero-order valence-corrected chi connectivity index (χ0v) is 17.5. The molecule has 2 aromatic carbocycles. The van der Waals surface area contributed by atoms with Gasteiger partial charge in [-0.2, -0.15) is 4.98 Å². The molecular formula is C22H24N6O3. The van der Waals surface area contributed by atoms with Crippen molar-refractivity contribution in [3.63, 3.8) is 0 Å². The minimum Gasteiger partial charge on any atom is -0.491 e. The normalized spacial score (nSPS) is 14.8. The number of ether oxygens (including phenoxy) is 1. The van der Waals surface area contributed by atoms with Crippen LogP contribution in [0.25, 0.3) is 33.5 Å². The number of nitrogen functional groups attached to an aromatic ring is 1. The Morgan fingerprint density at radius 1 is 1.19 bits per heavy atom. The predicted molar refractivity (Wildman–Crippen MR) is 119 cm³/mol. The van der Waals surface area contributed by atoms with E-state index in [1.54, 1.807) is 6.92 Å². The van der Waals surface area contributed by atoms with Crippen LogP contribution in [0, 0.1) is 0 Å². The Morgan fingerprint density at radius 2 is 2.03 bits per heavy atom. The molecule has 1 aliphatic rings. The van der Waals surface area contributed by atoms with Crippen molar-refractivity contribution in [2.24, 2.45) is 5.73 Å². The van der Waals surface area contributed by atoms with E-state index < -0.39 is 11.9 Å². The van der Waals surface area contributed by atoms with Crippen LogP contribution in [0.5, 0.6) is 5.75 Å². The maximum atomic E-state index is 11.7. The molecule has 0 spiro atoms. The van der Waals surface area contributed by atoms with E-state index >= 15 is 0 Å². The third-order valence-electron chi connectivity index (χ3n) is 5.89. The second kappa shape index (κ2) is 7.19. The van der Waals surface area contributed by atoms with Gasteiger partial charge in [-0.05, 0) is 44.0 Å². The summed E-state index contributed by atoms with van der Waals surface area (Å²) in [7, 11) is 1.84. The van der Waals surface area contributed by atoms with Crippen LogP contribution in [-0.2, 0) is 11.3 Å². The Balaban J connectivity index is 1.70. The molecule has 0 radical (unpaired) electrons. The molecule has 0 unspecified atom stereocenters. The van der Waals surface area contributed by atoms with E-state index in [9.17, 15) is 4.79 Å². The molecule has 0 saturated carbocycles. The summed E-state index contributed by atoms with van der Waals surface area (Å²) < 4.78 is 13.7. The quantitative estimate of drug-likeness (QED) is 0.520. The van der Waals surface area contributed by atoms with Crippen LogP contribution in [0.1, 0.15) is 19.8 Å². The smallest absolute Gasteiger partial charge is 0.292 e. The second-order valence-electron chi connectivity index (χ2n) is 7.88. The molecular weight excluding hydrogens is 396 g/mol. The number of nitrogens with two attached hydrogens (primary N) is 2. The fraction of sp³-hybridized carbons (Fsp3) is 0.318. The van der Waals surface area contributed by atoms with E-state index in [0.717, 1.165) is 53.2 Å². The Labute approximate surface area is 178 Å². The molecule has 0 fully saturated rings. The molecule has 2 aromatic heterocycles.